The fraction of sp³-hybridized carbons (Fsp3) is 0.0833. The Kier molecular flexibility index (Phi) is 4.06. The molecule has 106 valence electrons. The van der Waals surface area contributed by atoms with Crippen LogP contribution in [0.2, 0.25) is 0 Å². The van der Waals surface area contributed by atoms with Gasteiger partial charge in [0.2, 0.25) is 0 Å². The minimum absolute atomic E-state index is 0.0660. The van der Waals surface area contributed by atoms with Crippen LogP contribution in [0.1, 0.15) is 0 Å². The topological polar surface area (TPSA) is 106 Å². The summed E-state index contributed by atoms with van der Waals surface area (Å²) in [4.78, 5) is 3.92. The Morgan fingerprint density at radius 2 is 1.90 bits per heavy atom. The van der Waals surface area contributed by atoms with Gasteiger partial charge in [0.15, 0.2) is 0 Å². The zero-order chi connectivity index (χ0) is 14.6. The summed E-state index contributed by atoms with van der Waals surface area (Å²) in [5, 5.41) is 0. The van der Waals surface area contributed by atoms with Crippen molar-refractivity contribution in [3.8, 4) is 5.75 Å². The van der Waals surface area contributed by atoms with Crippen molar-refractivity contribution in [2.75, 3.05) is 17.3 Å². The number of nitrogens with zero attached hydrogens (tertiary/aromatic N) is 1. The van der Waals surface area contributed by atoms with E-state index in [0.29, 0.717) is 11.4 Å². The molecule has 7 nitrogen and oxygen atoms in total. The number of hydrogen-bond acceptors (Lipinski definition) is 6. The Hall–Kier alpha value is -2.32. The average molecular weight is 294 g/mol. The maximum absolute atomic E-state index is 12.2. The summed E-state index contributed by atoms with van der Waals surface area (Å²) in [7, 11) is -2.15. The van der Waals surface area contributed by atoms with E-state index in [1.807, 2.05) is 0 Å². The van der Waals surface area contributed by atoms with Crippen molar-refractivity contribution in [2.24, 2.45) is 5.84 Å². The first-order valence-electron chi connectivity index (χ1n) is 5.65. The summed E-state index contributed by atoms with van der Waals surface area (Å²) < 4.78 is 31.8. The molecule has 0 amide bonds. The van der Waals surface area contributed by atoms with Crippen molar-refractivity contribution in [1.82, 2.24) is 4.98 Å². The zero-order valence-corrected chi connectivity index (χ0v) is 11.5. The number of aromatic nitrogens is 1. The summed E-state index contributed by atoms with van der Waals surface area (Å²) in [6.07, 6.45) is 1.36. The van der Waals surface area contributed by atoms with Crippen LogP contribution in [-0.4, -0.2) is 20.5 Å². The van der Waals surface area contributed by atoms with Gasteiger partial charge in [-0.3, -0.25) is 4.72 Å². The van der Waals surface area contributed by atoms with E-state index in [4.69, 9.17) is 10.6 Å². The maximum atomic E-state index is 12.2. The fourth-order valence-electron chi connectivity index (χ4n) is 1.53. The van der Waals surface area contributed by atoms with Crippen molar-refractivity contribution >= 4 is 21.5 Å². The highest BCUT2D eigenvalue weighted by molar-refractivity contribution is 7.92. The SMILES string of the molecule is COc1ccc(NS(=O)(=O)c2ccnc(NN)c2)cc1. The number of nitrogens with two attached hydrogens (primary N) is 1. The lowest BCUT2D eigenvalue weighted by molar-refractivity contribution is 0.415. The zero-order valence-electron chi connectivity index (χ0n) is 10.7. The van der Waals surface area contributed by atoms with Crippen molar-refractivity contribution in [1.29, 1.82) is 0 Å². The van der Waals surface area contributed by atoms with Crippen LogP contribution in [0.3, 0.4) is 0 Å². The number of hydrogen-bond donors (Lipinski definition) is 3. The second-order valence-electron chi connectivity index (χ2n) is 3.86. The van der Waals surface area contributed by atoms with Gasteiger partial charge in [0, 0.05) is 18.0 Å². The minimum atomic E-state index is -3.69. The van der Waals surface area contributed by atoms with E-state index in [1.54, 1.807) is 24.3 Å². The number of anilines is 2. The number of sulfonamides is 1. The predicted molar refractivity (Wildman–Crippen MR) is 75.8 cm³/mol. The molecule has 0 bridgehead atoms. The van der Waals surface area contributed by atoms with E-state index < -0.39 is 10.0 Å². The van der Waals surface area contributed by atoms with Gasteiger partial charge in [-0.15, -0.1) is 0 Å². The average Bonchev–Trinajstić information content (AvgIpc) is 2.48. The fourth-order valence-corrected chi connectivity index (χ4v) is 2.60. The molecule has 0 fully saturated rings. The van der Waals surface area contributed by atoms with Crippen molar-refractivity contribution in [3.63, 3.8) is 0 Å². The molecule has 0 unspecified atom stereocenters. The van der Waals surface area contributed by atoms with Crippen LogP contribution in [-0.2, 0) is 10.0 Å². The molecule has 0 spiro atoms. The number of nitrogens with one attached hydrogen (secondary N) is 2. The van der Waals surface area contributed by atoms with Gasteiger partial charge >= 0.3 is 0 Å². The molecular formula is C12H14N4O3S. The van der Waals surface area contributed by atoms with E-state index in [2.05, 4.69) is 15.1 Å². The normalized spacial score (nSPS) is 10.9. The van der Waals surface area contributed by atoms with Gasteiger partial charge in [-0.2, -0.15) is 0 Å². The van der Waals surface area contributed by atoms with E-state index in [1.165, 1.54) is 25.4 Å². The number of pyridine rings is 1. The molecule has 20 heavy (non-hydrogen) atoms. The van der Waals surface area contributed by atoms with Gasteiger partial charge in [0.25, 0.3) is 10.0 Å². The van der Waals surface area contributed by atoms with Gasteiger partial charge < -0.3 is 10.2 Å². The van der Waals surface area contributed by atoms with Gasteiger partial charge in [-0.05, 0) is 30.3 Å². The van der Waals surface area contributed by atoms with E-state index in [-0.39, 0.29) is 10.7 Å². The molecule has 2 aromatic rings. The molecule has 4 N–H and O–H groups in total. The van der Waals surface area contributed by atoms with Crippen LogP contribution >= 0.6 is 0 Å². The minimum Gasteiger partial charge on any atom is -0.497 e. The van der Waals surface area contributed by atoms with E-state index >= 15 is 0 Å². The van der Waals surface area contributed by atoms with Gasteiger partial charge in [0.05, 0.1) is 12.0 Å². The molecule has 0 saturated heterocycles. The van der Waals surface area contributed by atoms with Gasteiger partial charge in [0.1, 0.15) is 11.6 Å². The Morgan fingerprint density at radius 1 is 1.20 bits per heavy atom. The third-order valence-corrected chi connectivity index (χ3v) is 3.91. The molecule has 0 saturated carbocycles. The monoisotopic (exact) mass is 294 g/mol. The lowest BCUT2D eigenvalue weighted by Crippen LogP contribution is -2.14. The maximum Gasteiger partial charge on any atom is 0.262 e. The molecule has 1 heterocycles. The third-order valence-electron chi connectivity index (χ3n) is 2.53. The highest BCUT2D eigenvalue weighted by atomic mass is 32.2. The number of hydrazine groups is 1. The smallest absolute Gasteiger partial charge is 0.262 e. The third kappa shape index (κ3) is 3.16. The highest BCUT2D eigenvalue weighted by Crippen LogP contribution is 2.20. The van der Waals surface area contributed by atoms with Crippen LogP contribution in [0.5, 0.6) is 5.75 Å². The first-order chi connectivity index (χ1) is 9.55. The Balaban J connectivity index is 2.25. The molecule has 2 rings (SSSR count). The van der Waals surface area contributed by atoms with Crippen molar-refractivity contribution in [2.45, 2.75) is 4.90 Å². The Morgan fingerprint density at radius 3 is 2.50 bits per heavy atom. The quantitative estimate of drug-likeness (QED) is 0.564. The summed E-state index contributed by atoms with van der Waals surface area (Å²) in [6.45, 7) is 0. The van der Waals surface area contributed by atoms with Gasteiger partial charge in [-0.1, -0.05) is 0 Å². The molecule has 1 aromatic heterocycles. The standard InChI is InChI=1S/C12H14N4O3S/c1-19-10-4-2-9(3-5-10)16-20(17,18)11-6-7-14-12(8-11)15-13/h2-8,16H,13H2,1H3,(H,14,15). The lowest BCUT2D eigenvalue weighted by Gasteiger charge is -2.09. The number of rotatable bonds is 5. The van der Waals surface area contributed by atoms with Gasteiger partial charge in [-0.25, -0.2) is 19.2 Å². The molecule has 0 radical (unpaired) electrons. The molecule has 1 aromatic carbocycles. The molecular weight excluding hydrogens is 280 g/mol. The van der Waals surface area contributed by atoms with E-state index in [0.717, 1.165) is 0 Å². The number of ether oxygens (including phenoxy) is 1. The molecule has 8 heteroatoms. The first-order valence-corrected chi connectivity index (χ1v) is 7.13. The molecule has 0 atom stereocenters. The van der Waals surface area contributed by atoms with Crippen LogP contribution in [0, 0.1) is 0 Å². The summed E-state index contributed by atoms with van der Waals surface area (Å²) in [5.74, 6) is 6.12. The highest BCUT2D eigenvalue weighted by Gasteiger charge is 2.15. The summed E-state index contributed by atoms with van der Waals surface area (Å²) >= 11 is 0. The second kappa shape index (κ2) is 5.76. The molecule has 0 aliphatic rings. The summed E-state index contributed by atoms with van der Waals surface area (Å²) in [5.41, 5.74) is 2.73. The summed E-state index contributed by atoms with van der Waals surface area (Å²) in [6, 6.07) is 9.27. The lowest BCUT2D eigenvalue weighted by atomic mass is 10.3. The Labute approximate surface area is 116 Å². The van der Waals surface area contributed by atoms with E-state index in [9.17, 15) is 8.42 Å². The first kappa shape index (κ1) is 14.1. The predicted octanol–water partition coefficient (Wildman–Crippen LogP) is 1.18. The number of nitrogen functional groups attached to an aromatic ring is 1. The van der Waals surface area contributed by atoms with Crippen LogP contribution in [0.15, 0.2) is 47.5 Å². The second-order valence-corrected chi connectivity index (χ2v) is 5.54. The largest absolute Gasteiger partial charge is 0.497 e. The molecule has 0 aliphatic carbocycles. The number of methoxy groups -OCH3 is 1. The van der Waals surface area contributed by atoms with Crippen LogP contribution < -0.4 is 20.7 Å². The van der Waals surface area contributed by atoms with Crippen LogP contribution in [0.25, 0.3) is 0 Å². The number of benzene rings is 1. The van der Waals surface area contributed by atoms with Crippen molar-refractivity contribution in [3.05, 3.63) is 42.6 Å². The van der Waals surface area contributed by atoms with Crippen LogP contribution in [0.4, 0.5) is 11.5 Å². The molecule has 0 aliphatic heterocycles. The van der Waals surface area contributed by atoms with Crippen molar-refractivity contribution < 1.29 is 13.2 Å². The Bertz CT molecular complexity index is 686.